The Balaban J connectivity index is 1.58. The molecule has 0 saturated carbocycles. The second kappa shape index (κ2) is 8.97. The van der Waals surface area contributed by atoms with Crippen LogP contribution >= 0.6 is 11.6 Å². The molecule has 2 aromatic rings. The van der Waals surface area contributed by atoms with E-state index in [0.29, 0.717) is 48.0 Å². The lowest BCUT2D eigenvalue weighted by Gasteiger charge is -2.31. The number of likely N-dealkylation sites (tertiary alicyclic amines) is 1. The quantitative estimate of drug-likeness (QED) is 0.824. The molecule has 0 atom stereocenters. The van der Waals surface area contributed by atoms with Crippen LogP contribution in [-0.2, 0) is 4.79 Å². The number of hydrogen-bond acceptors (Lipinski definition) is 4. The number of nitrogens with zero attached hydrogens (tertiary/aromatic N) is 1. The van der Waals surface area contributed by atoms with E-state index in [2.05, 4.69) is 5.32 Å². The maximum absolute atomic E-state index is 12.8. The Kier molecular flexibility index (Phi) is 6.41. The van der Waals surface area contributed by atoms with Crippen molar-refractivity contribution in [1.82, 2.24) is 4.90 Å². The molecule has 0 aliphatic carbocycles. The number of carbonyl (C=O) groups excluding carboxylic acids is 2. The van der Waals surface area contributed by atoms with Crippen molar-refractivity contribution in [2.75, 3.05) is 32.6 Å². The highest BCUT2D eigenvalue weighted by Crippen LogP contribution is 2.29. The third-order valence-electron chi connectivity index (χ3n) is 4.90. The Hall–Kier alpha value is -2.73. The lowest BCUT2D eigenvalue weighted by atomic mass is 9.95. The summed E-state index contributed by atoms with van der Waals surface area (Å²) in [5.74, 6) is 0.880. The molecule has 0 spiro atoms. The highest BCUT2D eigenvalue weighted by atomic mass is 35.5. The van der Waals surface area contributed by atoms with Gasteiger partial charge in [-0.25, -0.2) is 0 Å². The summed E-state index contributed by atoms with van der Waals surface area (Å²) < 4.78 is 10.5. The fourth-order valence-electron chi connectivity index (χ4n) is 3.27. The predicted octanol–water partition coefficient (Wildman–Crippen LogP) is 3.85. The van der Waals surface area contributed by atoms with E-state index in [-0.39, 0.29) is 17.7 Å². The van der Waals surface area contributed by atoms with Crippen LogP contribution in [0, 0.1) is 5.92 Å². The Bertz CT molecular complexity index is 846. The second-order valence-corrected chi connectivity index (χ2v) is 7.07. The van der Waals surface area contributed by atoms with Gasteiger partial charge >= 0.3 is 0 Å². The van der Waals surface area contributed by atoms with Crippen LogP contribution in [0.5, 0.6) is 11.5 Å². The molecule has 0 bridgehead atoms. The first kappa shape index (κ1) is 20.0. The maximum atomic E-state index is 12.8. The largest absolute Gasteiger partial charge is 0.493 e. The van der Waals surface area contributed by atoms with Gasteiger partial charge in [0.1, 0.15) is 0 Å². The van der Waals surface area contributed by atoms with Gasteiger partial charge in [-0.05, 0) is 55.3 Å². The first-order valence-corrected chi connectivity index (χ1v) is 9.47. The number of rotatable bonds is 5. The highest BCUT2D eigenvalue weighted by molar-refractivity contribution is 6.30. The summed E-state index contributed by atoms with van der Waals surface area (Å²) in [7, 11) is 3.09. The molecule has 1 fully saturated rings. The van der Waals surface area contributed by atoms with Crippen molar-refractivity contribution in [3.63, 3.8) is 0 Å². The van der Waals surface area contributed by atoms with Gasteiger partial charge in [0.05, 0.1) is 14.2 Å². The molecule has 1 N–H and O–H groups in total. The van der Waals surface area contributed by atoms with Crippen LogP contribution in [0.2, 0.25) is 5.02 Å². The van der Waals surface area contributed by atoms with Crippen LogP contribution in [0.4, 0.5) is 5.69 Å². The van der Waals surface area contributed by atoms with Crippen molar-refractivity contribution in [2.24, 2.45) is 5.92 Å². The van der Waals surface area contributed by atoms with Crippen molar-refractivity contribution in [2.45, 2.75) is 12.8 Å². The molecule has 1 aliphatic heterocycles. The number of nitrogens with one attached hydrogen (secondary N) is 1. The van der Waals surface area contributed by atoms with E-state index in [0.717, 1.165) is 5.69 Å². The van der Waals surface area contributed by atoms with E-state index in [1.165, 1.54) is 7.11 Å². The summed E-state index contributed by atoms with van der Waals surface area (Å²) >= 11 is 5.86. The van der Waals surface area contributed by atoms with Gasteiger partial charge in [0.2, 0.25) is 5.91 Å². The topological polar surface area (TPSA) is 67.9 Å². The monoisotopic (exact) mass is 402 g/mol. The average Bonchev–Trinajstić information content (AvgIpc) is 2.74. The normalized spacial score (nSPS) is 14.5. The molecule has 0 aromatic heterocycles. The molecule has 6 nitrogen and oxygen atoms in total. The molecule has 1 heterocycles. The van der Waals surface area contributed by atoms with Crippen LogP contribution < -0.4 is 14.8 Å². The van der Waals surface area contributed by atoms with Crippen molar-refractivity contribution in [3.05, 3.63) is 53.1 Å². The number of hydrogen-bond donors (Lipinski definition) is 1. The van der Waals surface area contributed by atoms with Crippen molar-refractivity contribution >= 4 is 29.1 Å². The van der Waals surface area contributed by atoms with Gasteiger partial charge < -0.3 is 19.7 Å². The van der Waals surface area contributed by atoms with Gasteiger partial charge in [0, 0.05) is 35.3 Å². The number of halogens is 1. The molecular formula is C21H23ClN2O4. The van der Waals surface area contributed by atoms with E-state index in [1.807, 2.05) is 0 Å². The number of carbonyl (C=O) groups is 2. The minimum atomic E-state index is -0.120. The Morgan fingerprint density at radius 2 is 1.64 bits per heavy atom. The summed E-state index contributed by atoms with van der Waals surface area (Å²) in [5, 5.41) is 3.54. The number of anilines is 1. The smallest absolute Gasteiger partial charge is 0.253 e. The Morgan fingerprint density at radius 1 is 1.00 bits per heavy atom. The fourth-order valence-corrected chi connectivity index (χ4v) is 3.40. The van der Waals surface area contributed by atoms with E-state index in [4.69, 9.17) is 21.1 Å². The summed E-state index contributed by atoms with van der Waals surface area (Å²) in [6.07, 6.45) is 1.25. The number of methoxy groups -OCH3 is 2. The zero-order chi connectivity index (χ0) is 20.1. The molecule has 0 radical (unpaired) electrons. The minimum Gasteiger partial charge on any atom is -0.493 e. The van der Waals surface area contributed by atoms with Gasteiger partial charge in [0.25, 0.3) is 5.91 Å². The van der Waals surface area contributed by atoms with Crippen LogP contribution in [-0.4, -0.2) is 44.0 Å². The predicted molar refractivity (Wildman–Crippen MR) is 108 cm³/mol. The second-order valence-electron chi connectivity index (χ2n) is 6.63. The van der Waals surface area contributed by atoms with Crippen LogP contribution in [0.25, 0.3) is 0 Å². The molecule has 28 heavy (non-hydrogen) atoms. The van der Waals surface area contributed by atoms with E-state index < -0.39 is 0 Å². The van der Waals surface area contributed by atoms with E-state index in [1.54, 1.807) is 54.5 Å². The van der Waals surface area contributed by atoms with Gasteiger partial charge in [-0.15, -0.1) is 0 Å². The SMILES string of the molecule is COc1ccc(C(=O)N2CCC(C(=O)Nc3ccc(Cl)cc3)CC2)cc1OC. The maximum Gasteiger partial charge on any atom is 0.253 e. The third kappa shape index (κ3) is 4.57. The number of benzene rings is 2. The highest BCUT2D eigenvalue weighted by Gasteiger charge is 2.28. The van der Waals surface area contributed by atoms with Crippen molar-refractivity contribution < 1.29 is 19.1 Å². The lowest BCUT2D eigenvalue weighted by molar-refractivity contribution is -0.121. The molecule has 1 saturated heterocycles. The summed E-state index contributed by atoms with van der Waals surface area (Å²) in [4.78, 5) is 27.0. The first-order chi connectivity index (χ1) is 13.5. The zero-order valence-electron chi connectivity index (χ0n) is 15.9. The van der Waals surface area contributed by atoms with E-state index in [9.17, 15) is 9.59 Å². The van der Waals surface area contributed by atoms with Gasteiger partial charge in [-0.1, -0.05) is 11.6 Å². The van der Waals surface area contributed by atoms with Crippen molar-refractivity contribution in [3.8, 4) is 11.5 Å². The molecule has 3 rings (SSSR count). The van der Waals surface area contributed by atoms with Gasteiger partial charge in [0.15, 0.2) is 11.5 Å². The molecule has 1 aliphatic rings. The Labute approximate surface area is 169 Å². The van der Waals surface area contributed by atoms with Crippen LogP contribution in [0.15, 0.2) is 42.5 Å². The fraction of sp³-hybridized carbons (Fsp3) is 0.333. The summed E-state index contributed by atoms with van der Waals surface area (Å²) in [6.45, 7) is 1.07. The standard InChI is InChI=1S/C21H23ClN2O4/c1-27-18-8-3-15(13-19(18)28-2)21(26)24-11-9-14(10-12-24)20(25)23-17-6-4-16(22)5-7-17/h3-8,13-14H,9-12H2,1-2H3,(H,23,25). The van der Waals surface area contributed by atoms with Gasteiger partial charge in [-0.3, -0.25) is 9.59 Å². The number of amides is 2. The molecule has 2 aromatic carbocycles. The Morgan fingerprint density at radius 3 is 2.25 bits per heavy atom. The van der Waals surface area contributed by atoms with Crippen LogP contribution in [0.3, 0.4) is 0 Å². The van der Waals surface area contributed by atoms with E-state index >= 15 is 0 Å². The molecule has 7 heteroatoms. The summed E-state index contributed by atoms with van der Waals surface area (Å²) in [6, 6.07) is 12.1. The minimum absolute atomic E-state index is 0.0273. The molecule has 0 unspecified atom stereocenters. The first-order valence-electron chi connectivity index (χ1n) is 9.09. The molecule has 148 valence electrons. The third-order valence-corrected chi connectivity index (χ3v) is 5.15. The molecular weight excluding hydrogens is 380 g/mol. The zero-order valence-corrected chi connectivity index (χ0v) is 16.7. The number of piperidine rings is 1. The molecule has 2 amide bonds. The van der Waals surface area contributed by atoms with Crippen LogP contribution in [0.1, 0.15) is 23.2 Å². The van der Waals surface area contributed by atoms with Crippen molar-refractivity contribution in [1.29, 1.82) is 0 Å². The van der Waals surface area contributed by atoms with Gasteiger partial charge in [-0.2, -0.15) is 0 Å². The lowest BCUT2D eigenvalue weighted by Crippen LogP contribution is -2.41. The summed E-state index contributed by atoms with van der Waals surface area (Å²) in [5.41, 5.74) is 1.26. The average molecular weight is 403 g/mol. The number of ether oxygens (including phenoxy) is 2.